The molecule has 37 heavy (non-hydrogen) atoms. The number of hydrogen-bond donors (Lipinski definition) is 5. The van der Waals surface area contributed by atoms with Crippen molar-refractivity contribution in [1.29, 1.82) is 0 Å². The molecule has 4 aliphatic rings. The van der Waals surface area contributed by atoms with Crippen molar-refractivity contribution in [3.05, 3.63) is 45.7 Å². The van der Waals surface area contributed by atoms with Crippen molar-refractivity contribution < 1.29 is 34.8 Å². The third-order valence-corrected chi connectivity index (χ3v) is 8.61. The van der Waals surface area contributed by atoms with Crippen LogP contribution < -0.4 is 5.73 Å². The van der Waals surface area contributed by atoms with E-state index in [0.29, 0.717) is 25.1 Å². The summed E-state index contributed by atoms with van der Waals surface area (Å²) >= 11 is 0. The molecule has 198 valence electrons. The van der Waals surface area contributed by atoms with Crippen LogP contribution in [0, 0.1) is 11.8 Å². The van der Waals surface area contributed by atoms with E-state index in [-0.39, 0.29) is 23.3 Å². The standard InChI is InChI=1S/C27H33N3O7/c1-3-29(2)21-16-11-15-10-14-8-13(12-30-6-4-5-7-30)9-17(31)18(14)22(32)19(15)24(34)27(16,37)25(35)20(23(21)33)26(28)36/h8-9,15-16,21,31-32,35,37H,3-7,10-12H2,1-2H3,(H2,28,36)/t15-,16-,21-,27-/m0/s1. The van der Waals surface area contributed by atoms with Crippen LogP contribution in [-0.4, -0.2) is 86.0 Å². The first-order chi connectivity index (χ1) is 17.5. The van der Waals surface area contributed by atoms with E-state index in [1.807, 2.05) is 6.07 Å². The second kappa shape index (κ2) is 8.97. The van der Waals surface area contributed by atoms with Gasteiger partial charge in [-0.1, -0.05) is 13.0 Å². The minimum Gasteiger partial charge on any atom is -0.508 e. The number of phenols is 1. The number of primary amides is 1. The van der Waals surface area contributed by atoms with Gasteiger partial charge in [-0.3, -0.25) is 24.2 Å². The maximum atomic E-state index is 13.9. The first-order valence-electron chi connectivity index (χ1n) is 12.8. The number of fused-ring (bicyclic) bond motifs is 3. The molecule has 10 nitrogen and oxygen atoms in total. The number of rotatable bonds is 5. The van der Waals surface area contributed by atoms with Crippen LogP contribution in [0.3, 0.4) is 0 Å². The fourth-order valence-corrected chi connectivity index (χ4v) is 6.74. The Morgan fingerprint density at radius 1 is 1.19 bits per heavy atom. The Bertz CT molecular complexity index is 1260. The van der Waals surface area contributed by atoms with E-state index < -0.39 is 58.0 Å². The van der Waals surface area contributed by atoms with E-state index >= 15 is 0 Å². The molecule has 1 saturated heterocycles. The van der Waals surface area contributed by atoms with E-state index in [1.165, 1.54) is 0 Å². The number of nitrogens with zero attached hydrogens (tertiary/aromatic N) is 2. The lowest BCUT2D eigenvalue weighted by atomic mass is 9.57. The van der Waals surface area contributed by atoms with E-state index in [0.717, 1.165) is 31.5 Å². The van der Waals surface area contributed by atoms with Gasteiger partial charge in [-0.05, 0) is 75.5 Å². The molecule has 0 spiro atoms. The average molecular weight is 512 g/mol. The van der Waals surface area contributed by atoms with E-state index in [4.69, 9.17) is 5.73 Å². The molecule has 1 aromatic carbocycles. The van der Waals surface area contributed by atoms with Crippen molar-refractivity contribution in [1.82, 2.24) is 9.80 Å². The third kappa shape index (κ3) is 3.69. The number of likely N-dealkylation sites (N-methyl/N-ethyl adjacent to an activating group) is 1. The second-order valence-corrected chi connectivity index (χ2v) is 10.7. The zero-order valence-electron chi connectivity index (χ0n) is 21.0. The first kappa shape index (κ1) is 25.4. The van der Waals surface area contributed by atoms with E-state index in [9.17, 15) is 34.8 Å². The van der Waals surface area contributed by atoms with Crippen molar-refractivity contribution in [2.24, 2.45) is 17.6 Å². The SMILES string of the molecule is CCN(C)[C@@H]1C(=O)C(C(N)=O)=C(O)[C@@]2(O)C(=O)C3=C(O)c4c(O)cc(CN5CCCC5)cc4C[C@H]3C[C@@H]12. The van der Waals surface area contributed by atoms with Crippen LogP contribution in [0.2, 0.25) is 0 Å². The lowest BCUT2D eigenvalue weighted by molar-refractivity contribution is -0.154. The summed E-state index contributed by atoms with van der Waals surface area (Å²) in [5.74, 6) is -6.30. The minimum atomic E-state index is -2.62. The van der Waals surface area contributed by atoms with Gasteiger partial charge in [0.25, 0.3) is 5.91 Å². The number of likely N-dealkylation sites (tertiary alicyclic amines) is 1. The molecule has 0 radical (unpaired) electrons. The predicted molar refractivity (Wildman–Crippen MR) is 133 cm³/mol. The topological polar surface area (TPSA) is 165 Å². The molecule has 1 heterocycles. The Kier molecular flexibility index (Phi) is 6.17. The molecule has 0 unspecified atom stereocenters. The Balaban J connectivity index is 1.63. The van der Waals surface area contributed by atoms with Crippen molar-refractivity contribution in [3.63, 3.8) is 0 Å². The van der Waals surface area contributed by atoms with Crippen molar-refractivity contribution in [3.8, 4) is 5.75 Å². The molecule has 1 saturated carbocycles. The third-order valence-electron chi connectivity index (χ3n) is 8.61. The Labute approximate surface area is 214 Å². The summed E-state index contributed by atoms with van der Waals surface area (Å²) in [5, 5.41) is 44.7. The molecular formula is C27H33N3O7. The summed E-state index contributed by atoms with van der Waals surface area (Å²) < 4.78 is 0. The number of benzene rings is 1. The molecule has 3 aliphatic carbocycles. The number of hydrogen-bond acceptors (Lipinski definition) is 9. The van der Waals surface area contributed by atoms with Gasteiger partial charge in [0.15, 0.2) is 11.4 Å². The summed E-state index contributed by atoms with van der Waals surface area (Å²) in [6.45, 7) is 4.79. The number of ketones is 2. The van der Waals surface area contributed by atoms with E-state index in [2.05, 4.69) is 4.90 Å². The molecule has 0 bridgehead atoms. The summed E-state index contributed by atoms with van der Waals surface area (Å²) in [4.78, 5) is 43.1. The number of amides is 1. The van der Waals surface area contributed by atoms with Gasteiger partial charge in [-0.2, -0.15) is 0 Å². The molecule has 1 amide bonds. The summed E-state index contributed by atoms with van der Waals surface area (Å²) in [5.41, 5.74) is 3.53. The van der Waals surface area contributed by atoms with Gasteiger partial charge in [-0.15, -0.1) is 0 Å². The number of Topliss-reactive ketones (excluding diaryl/α,β-unsaturated/α-hetero) is 2. The van der Waals surface area contributed by atoms with Gasteiger partial charge in [0.05, 0.1) is 11.6 Å². The number of carbonyl (C=O) groups is 3. The molecule has 2 fully saturated rings. The van der Waals surface area contributed by atoms with Crippen LogP contribution in [0.5, 0.6) is 5.75 Å². The van der Waals surface area contributed by atoms with Gasteiger partial charge in [0, 0.05) is 18.0 Å². The lowest BCUT2D eigenvalue weighted by Crippen LogP contribution is -2.66. The number of aromatic hydroxyl groups is 1. The molecular weight excluding hydrogens is 478 g/mol. The minimum absolute atomic E-state index is 0.0923. The van der Waals surface area contributed by atoms with Crippen LogP contribution in [0.25, 0.3) is 5.76 Å². The van der Waals surface area contributed by atoms with Gasteiger partial charge in [0.1, 0.15) is 22.8 Å². The largest absolute Gasteiger partial charge is 0.508 e. The summed E-state index contributed by atoms with van der Waals surface area (Å²) in [6.07, 6.45) is 2.65. The van der Waals surface area contributed by atoms with Crippen LogP contribution in [0.1, 0.15) is 42.9 Å². The highest BCUT2D eigenvalue weighted by Crippen LogP contribution is 2.52. The fraction of sp³-hybridized carbons (Fsp3) is 0.519. The molecule has 6 N–H and O–H groups in total. The number of carbonyl (C=O) groups excluding carboxylic acids is 3. The van der Waals surface area contributed by atoms with Gasteiger partial charge >= 0.3 is 0 Å². The van der Waals surface area contributed by atoms with Crippen molar-refractivity contribution in [2.75, 3.05) is 26.7 Å². The Morgan fingerprint density at radius 2 is 1.86 bits per heavy atom. The first-order valence-corrected chi connectivity index (χ1v) is 12.8. The van der Waals surface area contributed by atoms with Crippen molar-refractivity contribution in [2.45, 2.75) is 50.8 Å². The summed E-state index contributed by atoms with van der Waals surface area (Å²) in [6, 6.07) is 2.43. The van der Waals surface area contributed by atoms with E-state index in [1.54, 1.807) is 24.9 Å². The van der Waals surface area contributed by atoms with Crippen LogP contribution in [0.4, 0.5) is 0 Å². The Hall–Kier alpha value is -3.21. The average Bonchev–Trinajstić information content (AvgIpc) is 3.33. The molecule has 4 atom stereocenters. The molecule has 5 rings (SSSR count). The fourth-order valence-electron chi connectivity index (χ4n) is 6.74. The normalized spacial score (nSPS) is 30.0. The quantitative estimate of drug-likeness (QED) is 0.362. The molecule has 1 aliphatic heterocycles. The highest BCUT2D eigenvalue weighted by atomic mass is 16.3. The molecule has 10 heteroatoms. The number of aliphatic hydroxyl groups is 3. The maximum absolute atomic E-state index is 13.9. The highest BCUT2D eigenvalue weighted by Gasteiger charge is 2.64. The number of nitrogens with two attached hydrogens (primary N) is 1. The number of phenolic OH excluding ortho intramolecular Hbond substituents is 1. The zero-order valence-corrected chi connectivity index (χ0v) is 21.0. The molecule has 0 aromatic heterocycles. The Morgan fingerprint density at radius 3 is 2.49 bits per heavy atom. The van der Waals surface area contributed by atoms with Gasteiger partial charge in [-0.25, -0.2) is 0 Å². The van der Waals surface area contributed by atoms with Gasteiger partial charge in [0.2, 0.25) is 5.78 Å². The van der Waals surface area contributed by atoms with Crippen molar-refractivity contribution >= 4 is 23.2 Å². The second-order valence-electron chi connectivity index (χ2n) is 10.7. The van der Waals surface area contributed by atoms with Crippen LogP contribution in [0.15, 0.2) is 29.0 Å². The summed E-state index contributed by atoms with van der Waals surface area (Å²) in [7, 11) is 1.64. The number of aliphatic hydroxyl groups excluding tert-OH is 2. The highest BCUT2D eigenvalue weighted by molar-refractivity contribution is 6.24. The smallest absolute Gasteiger partial charge is 0.255 e. The maximum Gasteiger partial charge on any atom is 0.255 e. The lowest BCUT2D eigenvalue weighted by Gasteiger charge is -2.50. The predicted octanol–water partition coefficient (Wildman–Crippen LogP) is 0.950. The van der Waals surface area contributed by atoms with Crippen LogP contribution >= 0.6 is 0 Å². The monoisotopic (exact) mass is 511 g/mol. The van der Waals surface area contributed by atoms with Crippen LogP contribution in [-0.2, 0) is 27.3 Å². The van der Waals surface area contributed by atoms with Gasteiger partial charge < -0.3 is 26.2 Å². The zero-order chi connectivity index (χ0) is 26.8. The molecule has 1 aromatic rings.